The van der Waals surface area contributed by atoms with Crippen LogP contribution >= 0.6 is 27.5 Å². The molecular formula is C24H18BrClN2O2. The first-order chi connectivity index (χ1) is 14.5. The summed E-state index contributed by atoms with van der Waals surface area (Å²) in [4.78, 5) is 12.5. The van der Waals surface area contributed by atoms with Crippen LogP contribution in [0.15, 0.2) is 76.8 Å². The van der Waals surface area contributed by atoms with E-state index in [1.807, 2.05) is 55.5 Å². The SMILES string of the molecule is Cc1ccccc1NC(=O)/C(C#N)=C/c1ccc(OCc2ccccc2Br)c(Cl)c1. The number of halogens is 2. The summed E-state index contributed by atoms with van der Waals surface area (Å²) in [6.07, 6.45) is 1.50. The van der Waals surface area contributed by atoms with E-state index in [-0.39, 0.29) is 5.57 Å². The monoisotopic (exact) mass is 480 g/mol. The molecule has 6 heteroatoms. The van der Waals surface area contributed by atoms with Crippen molar-refractivity contribution in [3.8, 4) is 11.8 Å². The molecule has 1 amide bonds. The van der Waals surface area contributed by atoms with Gasteiger partial charge in [-0.15, -0.1) is 0 Å². The summed E-state index contributed by atoms with van der Waals surface area (Å²) in [6.45, 7) is 2.25. The Labute approximate surface area is 188 Å². The van der Waals surface area contributed by atoms with Crippen molar-refractivity contribution in [3.63, 3.8) is 0 Å². The van der Waals surface area contributed by atoms with Gasteiger partial charge in [0, 0.05) is 15.7 Å². The Morgan fingerprint density at radius 1 is 1.17 bits per heavy atom. The van der Waals surface area contributed by atoms with Gasteiger partial charge in [0.25, 0.3) is 5.91 Å². The number of carbonyl (C=O) groups is 1. The second-order valence-corrected chi connectivity index (χ2v) is 7.77. The van der Waals surface area contributed by atoms with Gasteiger partial charge in [-0.3, -0.25) is 4.79 Å². The van der Waals surface area contributed by atoms with Gasteiger partial charge in [-0.05, 0) is 48.4 Å². The second-order valence-electron chi connectivity index (χ2n) is 6.51. The lowest BCUT2D eigenvalue weighted by atomic mass is 10.1. The van der Waals surface area contributed by atoms with Crippen LogP contribution in [0.3, 0.4) is 0 Å². The third-order valence-electron chi connectivity index (χ3n) is 4.37. The van der Waals surface area contributed by atoms with Crippen molar-refractivity contribution in [2.24, 2.45) is 0 Å². The zero-order valence-corrected chi connectivity index (χ0v) is 18.5. The van der Waals surface area contributed by atoms with Crippen LogP contribution in [0.2, 0.25) is 5.02 Å². The lowest BCUT2D eigenvalue weighted by Crippen LogP contribution is -2.14. The van der Waals surface area contributed by atoms with Gasteiger partial charge < -0.3 is 10.1 Å². The number of rotatable bonds is 6. The normalized spacial score (nSPS) is 10.9. The fourth-order valence-corrected chi connectivity index (χ4v) is 3.36. The molecule has 3 rings (SSSR count). The Balaban J connectivity index is 1.73. The number of carbonyl (C=O) groups excluding carboxylic acids is 1. The number of anilines is 1. The first-order valence-corrected chi connectivity index (χ1v) is 10.3. The minimum atomic E-state index is -0.475. The molecule has 30 heavy (non-hydrogen) atoms. The van der Waals surface area contributed by atoms with Crippen molar-refractivity contribution in [1.29, 1.82) is 5.26 Å². The number of aryl methyl sites for hydroxylation is 1. The number of nitrogens with zero attached hydrogens (tertiary/aromatic N) is 1. The van der Waals surface area contributed by atoms with Crippen LogP contribution in [-0.4, -0.2) is 5.91 Å². The largest absolute Gasteiger partial charge is 0.487 e. The number of para-hydroxylation sites is 1. The first kappa shape index (κ1) is 21.6. The average molecular weight is 482 g/mol. The van der Waals surface area contributed by atoms with Crippen molar-refractivity contribution >= 4 is 45.2 Å². The van der Waals surface area contributed by atoms with Crippen molar-refractivity contribution in [3.05, 3.63) is 98.5 Å². The molecule has 0 aliphatic rings. The molecule has 0 saturated heterocycles. The molecule has 0 aromatic heterocycles. The molecule has 1 N–H and O–H groups in total. The van der Waals surface area contributed by atoms with Crippen LogP contribution < -0.4 is 10.1 Å². The summed E-state index contributed by atoms with van der Waals surface area (Å²) < 4.78 is 6.76. The molecule has 0 saturated carbocycles. The molecule has 4 nitrogen and oxygen atoms in total. The fourth-order valence-electron chi connectivity index (χ4n) is 2.71. The summed E-state index contributed by atoms with van der Waals surface area (Å²) in [6, 6.07) is 22.2. The zero-order chi connectivity index (χ0) is 21.5. The van der Waals surface area contributed by atoms with Gasteiger partial charge in [0.2, 0.25) is 0 Å². The zero-order valence-electron chi connectivity index (χ0n) is 16.2. The van der Waals surface area contributed by atoms with Crippen LogP contribution in [0.1, 0.15) is 16.7 Å². The van der Waals surface area contributed by atoms with E-state index in [1.165, 1.54) is 6.08 Å². The van der Waals surface area contributed by atoms with Crippen LogP contribution in [0.5, 0.6) is 5.75 Å². The lowest BCUT2D eigenvalue weighted by molar-refractivity contribution is -0.112. The average Bonchev–Trinajstić information content (AvgIpc) is 2.74. The molecule has 0 unspecified atom stereocenters. The Kier molecular flexibility index (Phi) is 7.29. The number of amides is 1. The number of benzene rings is 3. The predicted octanol–water partition coefficient (Wildman–Crippen LogP) is 6.54. The van der Waals surface area contributed by atoms with Gasteiger partial charge in [0.05, 0.1) is 5.02 Å². The highest BCUT2D eigenvalue weighted by Crippen LogP contribution is 2.28. The summed E-state index contributed by atoms with van der Waals surface area (Å²) in [7, 11) is 0. The summed E-state index contributed by atoms with van der Waals surface area (Å²) in [5.41, 5.74) is 3.19. The highest BCUT2D eigenvalue weighted by atomic mass is 79.9. The number of nitriles is 1. The highest BCUT2D eigenvalue weighted by Gasteiger charge is 2.12. The summed E-state index contributed by atoms with van der Waals surface area (Å²) in [5.74, 6) is 0.0459. The molecule has 3 aromatic carbocycles. The quantitative estimate of drug-likeness (QED) is 0.321. The van der Waals surface area contributed by atoms with Gasteiger partial charge >= 0.3 is 0 Å². The lowest BCUT2D eigenvalue weighted by Gasteiger charge is -2.10. The van der Waals surface area contributed by atoms with E-state index in [0.29, 0.717) is 28.6 Å². The van der Waals surface area contributed by atoms with Crippen molar-refractivity contribution < 1.29 is 9.53 Å². The van der Waals surface area contributed by atoms with E-state index in [0.717, 1.165) is 15.6 Å². The number of ether oxygens (including phenoxy) is 1. The van der Waals surface area contributed by atoms with Gasteiger partial charge in [-0.2, -0.15) is 5.26 Å². The van der Waals surface area contributed by atoms with E-state index in [9.17, 15) is 10.1 Å². The minimum Gasteiger partial charge on any atom is -0.487 e. The van der Waals surface area contributed by atoms with Crippen molar-refractivity contribution in [2.45, 2.75) is 13.5 Å². The minimum absolute atomic E-state index is 0.0174. The van der Waals surface area contributed by atoms with Crippen LogP contribution in [0.25, 0.3) is 6.08 Å². The van der Waals surface area contributed by atoms with Gasteiger partial charge in [-0.25, -0.2) is 0 Å². The maximum Gasteiger partial charge on any atom is 0.266 e. The Morgan fingerprint density at radius 2 is 1.90 bits per heavy atom. The molecule has 0 heterocycles. The molecule has 0 atom stereocenters. The van der Waals surface area contributed by atoms with E-state index in [4.69, 9.17) is 16.3 Å². The Bertz CT molecular complexity index is 1150. The van der Waals surface area contributed by atoms with Gasteiger partial charge in [0.1, 0.15) is 24.0 Å². The Hall–Kier alpha value is -3.07. The van der Waals surface area contributed by atoms with Crippen molar-refractivity contribution in [1.82, 2.24) is 0 Å². The van der Waals surface area contributed by atoms with Gasteiger partial charge in [-0.1, -0.05) is 70.0 Å². The number of hydrogen-bond acceptors (Lipinski definition) is 3. The van der Waals surface area contributed by atoms with Crippen LogP contribution in [0, 0.1) is 18.3 Å². The third kappa shape index (κ3) is 5.50. The van der Waals surface area contributed by atoms with E-state index >= 15 is 0 Å². The molecule has 0 radical (unpaired) electrons. The molecule has 0 bridgehead atoms. The predicted molar refractivity (Wildman–Crippen MR) is 123 cm³/mol. The number of hydrogen-bond donors (Lipinski definition) is 1. The van der Waals surface area contributed by atoms with Gasteiger partial charge in [0.15, 0.2) is 0 Å². The topological polar surface area (TPSA) is 62.1 Å². The van der Waals surface area contributed by atoms with E-state index in [1.54, 1.807) is 24.3 Å². The first-order valence-electron chi connectivity index (χ1n) is 9.12. The molecule has 0 aliphatic heterocycles. The highest BCUT2D eigenvalue weighted by molar-refractivity contribution is 9.10. The molecule has 0 fully saturated rings. The summed E-state index contributed by atoms with van der Waals surface area (Å²) >= 11 is 9.83. The Morgan fingerprint density at radius 3 is 2.60 bits per heavy atom. The maximum atomic E-state index is 12.5. The van der Waals surface area contributed by atoms with E-state index < -0.39 is 5.91 Å². The smallest absolute Gasteiger partial charge is 0.266 e. The number of nitrogens with one attached hydrogen (secondary N) is 1. The fraction of sp³-hybridized carbons (Fsp3) is 0.0833. The van der Waals surface area contributed by atoms with Crippen LogP contribution in [-0.2, 0) is 11.4 Å². The molecule has 3 aromatic rings. The van der Waals surface area contributed by atoms with Crippen molar-refractivity contribution in [2.75, 3.05) is 5.32 Å². The molecule has 0 aliphatic carbocycles. The second kappa shape index (κ2) is 10.1. The molecule has 0 spiro atoms. The molecular weight excluding hydrogens is 464 g/mol. The maximum absolute atomic E-state index is 12.5. The van der Waals surface area contributed by atoms with E-state index in [2.05, 4.69) is 21.2 Å². The molecule has 150 valence electrons. The van der Waals surface area contributed by atoms with Crippen LogP contribution in [0.4, 0.5) is 5.69 Å². The standard InChI is InChI=1S/C24H18BrClN2O2/c1-16-6-2-5-9-22(16)28-24(29)19(14-27)12-17-10-11-23(21(26)13-17)30-15-18-7-3-4-8-20(18)25/h2-13H,15H2,1H3,(H,28,29)/b19-12+. The summed E-state index contributed by atoms with van der Waals surface area (Å²) in [5, 5.41) is 12.6. The third-order valence-corrected chi connectivity index (χ3v) is 5.44.